The third-order valence-corrected chi connectivity index (χ3v) is 6.19. The fourth-order valence-electron chi connectivity index (χ4n) is 3.09. The Morgan fingerprint density at radius 3 is 2.20 bits per heavy atom. The van der Waals surface area contributed by atoms with Crippen molar-refractivity contribution in [3.05, 3.63) is 87.0 Å². The van der Waals surface area contributed by atoms with Gasteiger partial charge >= 0.3 is 0 Å². The maximum absolute atomic E-state index is 12.9. The first kappa shape index (κ1) is 20.1. The van der Waals surface area contributed by atoms with Gasteiger partial charge in [0.05, 0.1) is 22.0 Å². The summed E-state index contributed by atoms with van der Waals surface area (Å²) in [7, 11) is 1.54. The number of carbonyl (C=O) groups excluding carboxylic acids is 2. The lowest BCUT2D eigenvalue weighted by Crippen LogP contribution is -2.14. The molecule has 0 aliphatic rings. The monoisotopic (exact) mass is 480 g/mol. The minimum atomic E-state index is -0.284. The first-order chi connectivity index (χ1) is 14.6. The minimum Gasteiger partial charge on any atom is -0.495 e. The second kappa shape index (κ2) is 8.69. The second-order valence-electron chi connectivity index (χ2n) is 6.46. The van der Waals surface area contributed by atoms with Gasteiger partial charge in [-0.2, -0.15) is 0 Å². The van der Waals surface area contributed by atoms with E-state index in [4.69, 9.17) is 4.74 Å². The summed E-state index contributed by atoms with van der Waals surface area (Å²) < 4.78 is 6.22. The lowest BCUT2D eigenvalue weighted by molar-refractivity contribution is 0.101. The van der Waals surface area contributed by atoms with Crippen LogP contribution in [0.4, 0.5) is 11.4 Å². The molecule has 1 aromatic heterocycles. The van der Waals surface area contributed by atoms with E-state index < -0.39 is 0 Å². The Kier molecular flexibility index (Phi) is 5.83. The normalized spacial score (nSPS) is 10.6. The first-order valence-electron chi connectivity index (χ1n) is 9.08. The van der Waals surface area contributed by atoms with Crippen LogP contribution in [0, 0.1) is 0 Å². The van der Waals surface area contributed by atoms with Gasteiger partial charge in [-0.25, -0.2) is 0 Å². The van der Waals surface area contributed by atoms with Crippen molar-refractivity contribution in [3.63, 3.8) is 0 Å². The zero-order valence-corrected chi connectivity index (χ0v) is 18.3. The number of methoxy groups -OCH3 is 1. The van der Waals surface area contributed by atoms with Crippen LogP contribution in [-0.2, 0) is 0 Å². The third-order valence-electron chi connectivity index (χ3n) is 4.54. The fraction of sp³-hybridized carbons (Fsp3) is 0.0435. The maximum Gasteiger partial charge on any atom is 0.265 e. The summed E-state index contributed by atoms with van der Waals surface area (Å²) in [5, 5.41) is 9.47. The summed E-state index contributed by atoms with van der Waals surface area (Å²) in [6.07, 6.45) is 0. The zero-order chi connectivity index (χ0) is 21.1. The van der Waals surface area contributed by atoms with E-state index in [2.05, 4.69) is 26.6 Å². The van der Waals surface area contributed by atoms with E-state index in [-0.39, 0.29) is 11.8 Å². The number of benzene rings is 3. The summed E-state index contributed by atoms with van der Waals surface area (Å²) in [4.78, 5) is 25.7. The van der Waals surface area contributed by atoms with E-state index in [9.17, 15) is 9.59 Å². The average Bonchev–Trinajstić information content (AvgIpc) is 3.30. The maximum atomic E-state index is 12.9. The van der Waals surface area contributed by atoms with Crippen LogP contribution < -0.4 is 15.4 Å². The van der Waals surface area contributed by atoms with Crippen LogP contribution in [0.25, 0.3) is 10.8 Å². The van der Waals surface area contributed by atoms with E-state index in [1.807, 2.05) is 41.8 Å². The lowest BCUT2D eigenvalue weighted by Gasteiger charge is -2.14. The van der Waals surface area contributed by atoms with Crippen molar-refractivity contribution in [2.45, 2.75) is 0 Å². The Morgan fingerprint density at radius 2 is 1.57 bits per heavy atom. The number of carbonyl (C=O) groups is 2. The topological polar surface area (TPSA) is 67.4 Å². The Hall–Kier alpha value is -3.16. The number of ether oxygens (including phenoxy) is 1. The molecule has 0 aliphatic heterocycles. The van der Waals surface area contributed by atoms with Crippen LogP contribution in [0.3, 0.4) is 0 Å². The Labute approximate surface area is 185 Å². The number of nitrogens with one attached hydrogen (secondary N) is 2. The standard InChI is InChI=1S/C23H17BrN2O3S/c1-29-21-18(13-14-5-2-3-6-17(14)20(21)24)22(27)25-15-8-10-16(11-9-15)26-23(28)19-7-4-12-30-19/h2-13H,1H3,(H,25,27)(H,26,28). The number of hydrogen-bond acceptors (Lipinski definition) is 4. The molecule has 5 nitrogen and oxygen atoms in total. The highest BCUT2D eigenvalue weighted by atomic mass is 79.9. The van der Waals surface area contributed by atoms with Crippen LogP contribution in [0.5, 0.6) is 5.75 Å². The second-order valence-corrected chi connectivity index (χ2v) is 8.20. The van der Waals surface area contributed by atoms with E-state index in [0.717, 1.165) is 15.2 Å². The van der Waals surface area contributed by atoms with Gasteiger partial charge in [-0.3, -0.25) is 9.59 Å². The highest BCUT2D eigenvalue weighted by molar-refractivity contribution is 9.10. The molecule has 0 bridgehead atoms. The van der Waals surface area contributed by atoms with Gasteiger partial charge in [0.15, 0.2) is 0 Å². The molecule has 30 heavy (non-hydrogen) atoms. The fourth-order valence-corrected chi connectivity index (χ4v) is 4.44. The molecular weight excluding hydrogens is 464 g/mol. The Bertz CT molecular complexity index is 1220. The molecule has 0 atom stereocenters. The predicted octanol–water partition coefficient (Wildman–Crippen LogP) is 6.18. The smallest absolute Gasteiger partial charge is 0.265 e. The molecule has 150 valence electrons. The van der Waals surface area contributed by atoms with Crippen LogP contribution in [0.15, 0.2) is 76.6 Å². The van der Waals surface area contributed by atoms with Crippen LogP contribution in [0.2, 0.25) is 0 Å². The molecule has 4 aromatic rings. The van der Waals surface area contributed by atoms with Crippen LogP contribution >= 0.6 is 27.3 Å². The molecule has 0 saturated carbocycles. The van der Waals surface area contributed by atoms with E-state index >= 15 is 0 Å². The van der Waals surface area contributed by atoms with Crippen molar-refractivity contribution >= 4 is 61.2 Å². The highest BCUT2D eigenvalue weighted by Crippen LogP contribution is 2.37. The summed E-state index contributed by atoms with van der Waals surface area (Å²) in [6, 6.07) is 20.1. The number of thiophene rings is 1. The van der Waals surface area contributed by atoms with Gasteiger partial charge in [0.25, 0.3) is 11.8 Å². The lowest BCUT2D eigenvalue weighted by atomic mass is 10.1. The first-order valence-corrected chi connectivity index (χ1v) is 10.8. The van der Waals surface area contributed by atoms with Gasteiger partial charge in [0.2, 0.25) is 0 Å². The van der Waals surface area contributed by atoms with Crippen molar-refractivity contribution in [2.24, 2.45) is 0 Å². The quantitative estimate of drug-likeness (QED) is 0.358. The molecule has 0 aliphatic carbocycles. The number of halogens is 1. The van der Waals surface area contributed by atoms with Gasteiger partial charge in [-0.05, 0) is 68.5 Å². The molecule has 2 amide bonds. The van der Waals surface area contributed by atoms with Gasteiger partial charge in [-0.15, -0.1) is 11.3 Å². The molecule has 3 aromatic carbocycles. The van der Waals surface area contributed by atoms with Crippen molar-refractivity contribution < 1.29 is 14.3 Å². The van der Waals surface area contributed by atoms with Gasteiger partial charge in [-0.1, -0.05) is 30.3 Å². The number of anilines is 2. The van der Waals surface area contributed by atoms with Crippen molar-refractivity contribution in [1.29, 1.82) is 0 Å². The number of hydrogen-bond donors (Lipinski definition) is 2. The molecule has 0 fully saturated rings. The van der Waals surface area contributed by atoms with E-state index in [0.29, 0.717) is 27.6 Å². The van der Waals surface area contributed by atoms with Crippen molar-refractivity contribution in [3.8, 4) is 5.75 Å². The van der Waals surface area contributed by atoms with Crippen LogP contribution in [0.1, 0.15) is 20.0 Å². The molecule has 0 unspecified atom stereocenters. The number of rotatable bonds is 5. The summed E-state index contributed by atoms with van der Waals surface area (Å²) >= 11 is 4.93. The van der Waals surface area contributed by atoms with Crippen molar-refractivity contribution in [1.82, 2.24) is 0 Å². The average molecular weight is 481 g/mol. The Morgan fingerprint density at radius 1 is 0.900 bits per heavy atom. The largest absolute Gasteiger partial charge is 0.495 e. The molecule has 4 rings (SSSR count). The van der Waals surface area contributed by atoms with Crippen molar-refractivity contribution in [2.75, 3.05) is 17.7 Å². The third kappa shape index (κ3) is 4.08. The highest BCUT2D eigenvalue weighted by Gasteiger charge is 2.18. The van der Waals surface area contributed by atoms with E-state index in [1.54, 1.807) is 30.3 Å². The molecular formula is C23H17BrN2O3S. The van der Waals surface area contributed by atoms with Gasteiger partial charge < -0.3 is 15.4 Å². The molecule has 7 heteroatoms. The molecule has 0 saturated heterocycles. The SMILES string of the molecule is COc1c(C(=O)Nc2ccc(NC(=O)c3cccs3)cc2)cc2ccccc2c1Br. The minimum absolute atomic E-state index is 0.160. The number of fused-ring (bicyclic) bond motifs is 1. The Balaban J connectivity index is 1.53. The van der Waals surface area contributed by atoms with Gasteiger partial charge in [0.1, 0.15) is 5.75 Å². The summed E-state index contributed by atoms with van der Waals surface area (Å²) in [5.41, 5.74) is 1.69. The molecule has 2 N–H and O–H groups in total. The molecule has 1 heterocycles. The molecule has 0 spiro atoms. The van der Waals surface area contributed by atoms with Gasteiger partial charge in [0, 0.05) is 11.4 Å². The number of amides is 2. The van der Waals surface area contributed by atoms with E-state index in [1.165, 1.54) is 18.4 Å². The molecule has 0 radical (unpaired) electrons. The van der Waals surface area contributed by atoms with Crippen LogP contribution in [-0.4, -0.2) is 18.9 Å². The summed E-state index contributed by atoms with van der Waals surface area (Å²) in [5.74, 6) is 0.0345. The summed E-state index contributed by atoms with van der Waals surface area (Å²) in [6.45, 7) is 0. The predicted molar refractivity (Wildman–Crippen MR) is 125 cm³/mol. The zero-order valence-electron chi connectivity index (χ0n) is 15.9.